The van der Waals surface area contributed by atoms with Gasteiger partial charge in [0.2, 0.25) is 0 Å². The van der Waals surface area contributed by atoms with Crippen LogP contribution in [0.2, 0.25) is 0 Å². The Balaban J connectivity index is 0.000000486. The fraction of sp³-hybridized carbons (Fsp3) is 1.00. The van der Waals surface area contributed by atoms with E-state index in [1.54, 1.807) is 4.90 Å². The van der Waals surface area contributed by atoms with Gasteiger partial charge in [0.15, 0.2) is 0 Å². The SMILES string of the molecule is CCCCCCCCC1CC[NH+](C)C1.[F][Sb-]([F])([F])([F])([F])[F]. The molecule has 0 aromatic heterocycles. The molecule has 0 aromatic rings. The van der Waals surface area contributed by atoms with Gasteiger partial charge in [-0.05, 0) is 6.42 Å². The van der Waals surface area contributed by atoms with Crippen molar-refractivity contribution in [3.05, 3.63) is 0 Å². The molecule has 2 unspecified atom stereocenters. The molecule has 8 heteroatoms. The molecule has 1 saturated heterocycles. The minimum absolute atomic E-state index is 1.06. The summed E-state index contributed by atoms with van der Waals surface area (Å²) in [6, 6.07) is 0. The van der Waals surface area contributed by atoms with Crippen molar-refractivity contribution in [3.63, 3.8) is 0 Å². The zero-order valence-electron chi connectivity index (χ0n) is 12.9. The number of unbranched alkanes of at least 4 members (excludes halogenated alkanes) is 5. The number of hydrogen-bond acceptors (Lipinski definition) is 0. The molecule has 1 nitrogen and oxygen atoms in total. The Bertz CT molecular complexity index is 277. The fourth-order valence-electron chi connectivity index (χ4n) is 2.61. The van der Waals surface area contributed by atoms with E-state index in [0.29, 0.717) is 0 Å². The zero-order valence-corrected chi connectivity index (χ0v) is 15.4. The maximum absolute atomic E-state index is 11.2. The van der Waals surface area contributed by atoms with Gasteiger partial charge >= 0.3 is 36.4 Å². The first-order valence-corrected chi connectivity index (χ1v) is 13.4. The van der Waals surface area contributed by atoms with Crippen molar-refractivity contribution in [3.8, 4) is 0 Å². The maximum atomic E-state index is 9.93. The Labute approximate surface area is 126 Å². The van der Waals surface area contributed by atoms with Gasteiger partial charge in [-0.15, -0.1) is 0 Å². The van der Waals surface area contributed by atoms with E-state index in [9.17, 15) is 16.9 Å². The van der Waals surface area contributed by atoms with Crippen LogP contribution >= 0.6 is 0 Å². The van der Waals surface area contributed by atoms with Crippen LogP contribution in [0.25, 0.3) is 0 Å². The summed E-state index contributed by atoms with van der Waals surface area (Å²) in [5, 5.41) is 0. The van der Waals surface area contributed by atoms with Crippen molar-refractivity contribution in [2.45, 2.75) is 58.3 Å². The van der Waals surface area contributed by atoms with E-state index in [-0.39, 0.29) is 0 Å². The first kappa shape index (κ1) is 21.4. The molecule has 1 heterocycles. The topological polar surface area (TPSA) is 4.44 Å². The van der Waals surface area contributed by atoms with E-state index in [0.717, 1.165) is 5.92 Å². The summed E-state index contributed by atoms with van der Waals surface area (Å²) in [4.78, 5) is 1.75. The van der Waals surface area contributed by atoms with E-state index in [1.807, 2.05) is 0 Å². The van der Waals surface area contributed by atoms with E-state index in [4.69, 9.17) is 0 Å². The average Bonchev–Trinajstić information content (AvgIpc) is 2.65. The summed E-state index contributed by atoms with van der Waals surface area (Å²) in [6.07, 6.45) is 11.7. The van der Waals surface area contributed by atoms with Crippen LogP contribution in [0, 0.1) is 5.92 Å². The van der Waals surface area contributed by atoms with Gasteiger partial charge in [-0.25, -0.2) is 0 Å². The van der Waals surface area contributed by atoms with Crippen LogP contribution in [0.4, 0.5) is 16.9 Å². The molecule has 0 saturated carbocycles. The van der Waals surface area contributed by atoms with E-state index >= 15 is 0 Å². The Morgan fingerprint density at radius 3 is 1.81 bits per heavy atom. The number of halogens is 6. The predicted octanol–water partition coefficient (Wildman–Crippen LogP) is 4.41. The minimum atomic E-state index is -11.2. The zero-order chi connectivity index (χ0) is 16.6. The van der Waals surface area contributed by atoms with E-state index < -0.39 is 19.5 Å². The molecule has 0 radical (unpaired) electrons. The molecule has 1 fully saturated rings. The van der Waals surface area contributed by atoms with Crippen LogP contribution in [0.5, 0.6) is 0 Å². The Kier molecular flexibility index (Phi) is 7.89. The second kappa shape index (κ2) is 7.76. The first-order valence-electron chi connectivity index (χ1n) is 7.65. The fourth-order valence-corrected chi connectivity index (χ4v) is 2.61. The molecular formula is C13H28F6NSb. The summed E-state index contributed by atoms with van der Waals surface area (Å²) >= 11 is -11.2. The molecule has 132 valence electrons. The first-order chi connectivity index (χ1) is 9.28. The Morgan fingerprint density at radius 2 is 1.38 bits per heavy atom. The van der Waals surface area contributed by atoms with Gasteiger partial charge in [-0.3, -0.25) is 0 Å². The average molecular weight is 434 g/mol. The van der Waals surface area contributed by atoms with Gasteiger partial charge in [0, 0.05) is 12.3 Å². The van der Waals surface area contributed by atoms with E-state index in [1.165, 1.54) is 64.5 Å². The van der Waals surface area contributed by atoms with Gasteiger partial charge in [0.25, 0.3) is 0 Å². The van der Waals surface area contributed by atoms with Crippen LogP contribution in [-0.2, 0) is 0 Å². The van der Waals surface area contributed by atoms with Crippen molar-refractivity contribution >= 4 is 19.5 Å². The summed E-state index contributed by atoms with van der Waals surface area (Å²) < 4.78 is 59.6. The summed E-state index contributed by atoms with van der Waals surface area (Å²) in [5.74, 6) is 1.06. The van der Waals surface area contributed by atoms with Crippen LogP contribution in [0.15, 0.2) is 0 Å². The summed E-state index contributed by atoms with van der Waals surface area (Å²) in [6.45, 7) is 5.15. The van der Waals surface area contributed by atoms with Crippen molar-refractivity contribution in [1.82, 2.24) is 0 Å². The van der Waals surface area contributed by atoms with Crippen LogP contribution in [0.1, 0.15) is 58.3 Å². The second-order valence-corrected chi connectivity index (χ2v) is 11.6. The summed E-state index contributed by atoms with van der Waals surface area (Å²) in [5.41, 5.74) is 0. The quantitative estimate of drug-likeness (QED) is 0.344. The normalized spacial score (nSPS) is 25.7. The predicted molar refractivity (Wildman–Crippen MR) is 75.1 cm³/mol. The van der Waals surface area contributed by atoms with Crippen molar-refractivity contribution in [2.24, 2.45) is 5.92 Å². The molecule has 21 heavy (non-hydrogen) atoms. The Morgan fingerprint density at radius 1 is 0.905 bits per heavy atom. The number of nitrogens with one attached hydrogen (secondary N) is 1. The van der Waals surface area contributed by atoms with Crippen LogP contribution < -0.4 is 4.90 Å². The van der Waals surface area contributed by atoms with Crippen LogP contribution in [0.3, 0.4) is 0 Å². The third-order valence-electron chi connectivity index (χ3n) is 3.58. The van der Waals surface area contributed by atoms with Gasteiger partial charge in [-0.2, -0.15) is 0 Å². The molecule has 1 N–H and O–H groups in total. The number of quaternary nitrogens is 1. The Hall–Kier alpha value is 0.358. The number of rotatable bonds is 7. The molecule has 2 atom stereocenters. The monoisotopic (exact) mass is 433 g/mol. The van der Waals surface area contributed by atoms with Crippen molar-refractivity contribution < 1.29 is 21.8 Å². The van der Waals surface area contributed by atoms with Gasteiger partial charge < -0.3 is 4.90 Å². The molecule has 0 amide bonds. The third-order valence-corrected chi connectivity index (χ3v) is 3.58. The van der Waals surface area contributed by atoms with Gasteiger partial charge in [-0.1, -0.05) is 45.4 Å². The standard InChI is InChI=1S/C13H27N.6FH.Sb/c1-3-4-5-6-7-8-9-13-10-11-14(2)12-13;;;;;;;/h13H,3-12H2,1-2H3;6*1H;/q;;;;;;;+5/p-5. The molecule has 0 bridgehead atoms. The van der Waals surface area contributed by atoms with Gasteiger partial charge in [0.1, 0.15) is 0 Å². The molecule has 1 aliphatic rings. The van der Waals surface area contributed by atoms with Crippen molar-refractivity contribution in [1.29, 1.82) is 0 Å². The molecular weight excluding hydrogens is 406 g/mol. The molecule has 1 aliphatic heterocycles. The van der Waals surface area contributed by atoms with E-state index in [2.05, 4.69) is 14.0 Å². The summed E-state index contributed by atoms with van der Waals surface area (Å²) in [7, 11) is 2.33. The number of hydrogen-bond donors (Lipinski definition) is 1. The number of likely N-dealkylation sites (tertiary alicyclic amines) is 1. The van der Waals surface area contributed by atoms with Crippen LogP contribution in [-0.4, -0.2) is 39.6 Å². The molecule has 0 spiro atoms. The second-order valence-electron chi connectivity index (χ2n) is 6.08. The molecule has 1 rings (SSSR count). The third kappa shape index (κ3) is 22.8. The van der Waals surface area contributed by atoms with Gasteiger partial charge in [0.05, 0.1) is 20.1 Å². The molecule has 0 aliphatic carbocycles. The van der Waals surface area contributed by atoms with Crippen molar-refractivity contribution in [2.75, 3.05) is 20.1 Å². The molecule has 0 aromatic carbocycles.